The Morgan fingerprint density at radius 3 is 2.79 bits per heavy atom. The van der Waals surface area contributed by atoms with Crippen molar-refractivity contribution in [1.29, 1.82) is 0 Å². The van der Waals surface area contributed by atoms with Crippen molar-refractivity contribution in [2.24, 2.45) is 5.92 Å². The molecule has 0 bridgehead atoms. The molecule has 6 nitrogen and oxygen atoms in total. The Kier molecular flexibility index (Phi) is 6.59. The molecule has 0 aliphatic carbocycles. The highest BCUT2D eigenvalue weighted by molar-refractivity contribution is 9.10. The molecule has 2 unspecified atom stereocenters. The minimum Gasteiger partial charge on any atom is -0.496 e. The summed E-state index contributed by atoms with van der Waals surface area (Å²) >= 11 is 8.65. The Labute approximate surface area is 154 Å². The number of carbonyl (C=O) groups is 1. The highest BCUT2D eigenvalue weighted by atomic mass is 79.9. The molecule has 0 aromatic heterocycles. The molecule has 1 heterocycles. The SMILES string of the molecule is C=C1NC(=S)NC(c2cc(Br)ccc2OC)C1C(=O)OCCOC. The van der Waals surface area contributed by atoms with Crippen LogP contribution >= 0.6 is 28.1 Å². The van der Waals surface area contributed by atoms with Crippen LogP contribution < -0.4 is 15.4 Å². The van der Waals surface area contributed by atoms with Crippen molar-refractivity contribution in [3.8, 4) is 5.75 Å². The van der Waals surface area contributed by atoms with Crippen molar-refractivity contribution in [1.82, 2.24) is 10.6 Å². The van der Waals surface area contributed by atoms with Crippen LogP contribution in [0.15, 0.2) is 34.9 Å². The highest BCUT2D eigenvalue weighted by Crippen LogP contribution is 2.36. The smallest absolute Gasteiger partial charge is 0.317 e. The van der Waals surface area contributed by atoms with Crippen molar-refractivity contribution in [3.63, 3.8) is 0 Å². The Morgan fingerprint density at radius 2 is 2.12 bits per heavy atom. The zero-order valence-electron chi connectivity index (χ0n) is 13.4. The maximum Gasteiger partial charge on any atom is 0.317 e. The number of halogens is 1. The van der Waals surface area contributed by atoms with Gasteiger partial charge in [-0.05, 0) is 30.4 Å². The minimum absolute atomic E-state index is 0.173. The molecule has 0 radical (unpaired) electrons. The third-order valence-electron chi connectivity index (χ3n) is 3.58. The third-order valence-corrected chi connectivity index (χ3v) is 4.30. The summed E-state index contributed by atoms with van der Waals surface area (Å²) < 4.78 is 16.5. The summed E-state index contributed by atoms with van der Waals surface area (Å²) in [4.78, 5) is 12.5. The quantitative estimate of drug-likeness (QED) is 0.420. The number of benzene rings is 1. The minimum atomic E-state index is -0.656. The van der Waals surface area contributed by atoms with Crippen LogP contribution in [-0.2, 0) is 14.3 Å². The van der Waals surface area contributed by atoms with Crippen LogP contribution in [0.5, 0.6) is 5.75 Å². The summed E-state index contributed by atoms with van der Waals surface area (Å²) in [6, 6.07) is 5.12. The van der Waals surface area contributed by atoms with E-state index in [1.54, 1.807) is 14.2 Å². The lowest BCUT2D eigenvalue weighted by atomic mass is 9.88. The van der Waals surface area contributed by atoms with E-state index in [2.05, 4.69) is 33.1 Å². The molecule has 0 spiro atoms. The average Bonchev–Trinajstić information content (AvgIpc) is 2.54. The summed E-state index contributed by atoms with van der Waals surface area (Å²) in [5, 5.41) is 6.40. The second-order valence-electron chi connectivity index (χ2n) is 5.13. The number of esters is 1. The van der Waals surface area contributed by atoms with Crippen molar-refractivity contribution >= 4 is 39.2 Å². The lowest BCUT2D eigenvalue weighted by Crippen LogP contribution is -2.51. The van der Waals surface area contributed by atoms with Gasteiger partial charge in [-0.15, -0.1) is 0 Å². The predicted molar refractivity (Wildman–Crippen MR) is 97.8 cm³/mol. The van der Waals surface area contributed by atoms with Crippen LogP contribution in [0, 0.1) is 5.92 Å². The first-order chi connectivity index (χ1) is 11.5. The molecule has 24 heavy (non-hydrogen) atoms. The van der Waals surface area contributed by atoms with Crippen molar-refractivity contribution in [2.45, 2.75) is 6.04 Å². The lowest BCUT2D eigenvalue weighted by molar-refractivity contribution is -0.149. The number of hydrogen-bond acceptors (Lipinski definition) is 5. The second kappa shape index (κ2) is 8.46. The summed E-state index contributed by atoms with van der Waals surface area (Å²) in [7, 11) is 3.12. The van der Waals surface area contributed by atoms with E-state index >= 15 is 0 Å². The number of rotatable bonds is 6. The Hall–Kier alpha value is -1.64. The fourth-order valence-electron chi connectivity index (χ4n) is 2.48. The second-order valence-corrected chi connectivity index (χ2v) is 6.45. The van der Waals surface area contributed by atoms with E-state index in [4.69, 9.17) is 26.4 Å². The molecule has 1 aromatic carbocycles. The van der Waals surface area contributed by atoms with E-state index in [0.29, 0.717) is 23.2 Å². The highest BCUT2D eigenvalue weighted by Gasteiger charge is 2.39. The topological polar surface area (TPSA) is 68.8 Å². The van der Waals surface area contributed by atoms with Crippen LogP contribution in [0.25, 0.3) is 0 Å². The molecule has 1 fully saturated rings. The van der Waals surface area contributed by atoms with E-state index < -0.39 is 17.9 Å². The summed E-state index contributed by atoms with van der Waals surface area (Å²) in [6.07, 6.45) is 0. The van der Waals surface area contributed by atoms with Gasteiger partial charge in [0.1, 0.15) is 18.3 Å². The third kappa shape index (κ3) is 4.25. The number of ether oxygens (including phenoxy) is 3. The van der Waals surface area contributed by atoms with Crippen LogP contribution in [0.4, 0.5) is 0 Å². The first kappa shape index (κ1) is 18.7. The summed E-state index contributed by atoms with van der Waals surface area (Å²) in [6.45, 7) is 4.43. The molecule has 2 rings (SSSR count). The molecule has 2 N–H and O–H groups in total. The van der Waals surface area contributed by atoms with Gasteiger partial charge in [0, 0.05) is 22.8 Å². The molecule has 130 valence electrons. The van der Waals surface area contributed by atoms with Gasteiger partial charge < -0.3 is 24.8 Å². The first-order valence-corrected chi connectivity index (χ1v) is 8.43. The van der Waals surface area contributed by atoms with Crippen LogP contribution in [0.3, 0.4) is 0 Å². The van der Waals surface area contributed by atoms with E-state index in [1.165, 1.54) is 0 Å². The normalized spacial score (nSPS) is 20.1. The monoisotopic (exact) mass is 414 g/mol. The molecular weight excluding hydrogens is 396 g/mol. The molecule has 0 saturated carbocycles. The molecule has 0 amide bonds. The van der Waals surface area contributed by atoms with Gasteiger partial charge >= 0.3 is 5.97 Å². The Morgan fingerprint density at radius 1 is 1.38 bits per heavy atom. The maximum atomic E-state index is 12.5. The Balaban J connectivity index is 2.35. The van der Waals surface area contributed by atoms with Crippen molar-refractivity contribution in [2.75, 3.05) is 27.4 Å². The molecule has 1 aliphatic heterocycles. The van der Waals surface area contributed by atoms with Gasteiger partial charge in [-0.25, -0.2) is 0 Å². The zero-order valence-corrected chi connectivity index (χ0v) is 15.8. The zero-order chi connectivity index (χ0) is 17.7. The van der Waals surface area contributed by atoms with Gasteiger partial charge in [0.25, 0.3) is 0 Å². The lowest BCUT2D eigenvalue weighted by Gasteiger charge is -2.35. The van der Waals surface area contributed by atoms with Gasteiger partial charge in [0.2, 0.25) is 0 Å². The van der Waals surface area contributed by atoms with E-state index in [-0.39, 0.29) is 6.61 Å². The molecule has 1 saturated heterocycles. The van der Waals surface area contributed by atoms with Crippen molar-refractivity contribution < 1.29 is 19.0 Å². The number of methoxy groups -OCH3 is 2. The van der Waals surface area contributed by atoms with Crippen LogP contribution in [0.2, 0.25) is 0 Å². The van der Waals surface area contributed by atoms with Crippen LogP contribution in [0.1, 0.15) is 11.6 Å². The summed E-state index contributed by atoms with van der Waals surface area (Å²) in [5.74, 6) is -0.425. The number of nitrogens with one attached hydrogen (secondary N) is 2. The predicted octanol–water partition coefficient (Wildman–Crippen LogP) is 2.30. The van der Waals surface area contributed by atoms with Gasteiger partial charge in [-0.1, -0.05) is 22.5 Å². The standard InChI is InChI=1S/C16H19BrN2O4S/c1-9-13(15(20)23-7-6-21-2)14(19-16(24)18-9)11-8-10(17)4-5-12(11)22-3/h4-5,8,13-14H,1,6-7H2,2-3H3,(H2,18,19,24). The maximum absolute atomic E-state index is 12.5. The number of carbonyl (C=O) groups excluding carboxylic acids is 1. The molecule has 1 aromatic rings. The van der Waals surface area contributed by atoms with E-state index in [1.807, 2.05) is 18.2 Å². The number of thiocarbonyl (C=S) groups is 1. The molecule has 2 atom stereocenters. The first-order valence-electron chi connectivity index (χ1n) is 7.23. The van der Waals surface area contributed by atoms with Gasteiger partial charge in [0.05, 0.1) is 19.8 Å². The fourth-order valence-corrected chi connectivity index (χ4v) is 3.12. The number of hydrogen-bond donors (Lipinski definition) is 2. The summed E-state index contributed by atoms with van der Waals surface area (Å²) in [5.41, 5.74) is 1.26. The van der Waals surface area contributed by atoms with Crippen LogP contribution in [-0.4, -0.2) is 38.5 Å². The fraction of sp³-hybridized carbons (Fsp3) is 0.375. The van der Waals surface area contributed by atoms with Crippen molar-refractivity contribution in [3.05, 3.63) is 40.5 Å². The molecular formula is C16H19BrN2O4S. The molecule has 1 aliphatic rings. The largest absolute Gasteiger partial charge is 0.496 e. The van der Waals surface area contributed by atoms with Gasteiger partial charge in [0.15, 0.2) is 5.11 Å². The van der Waals surface area contributed by atoms with Gasteiger partial charge in [-0.3, -0.25) is 4.79 Å². The average molecular weight is 415 g/mol. The molecule has 8 heteroatoms. The van der Waals surface area contributed by atoms with E-state index in [0.717, 1.165) is 10.0 Å². The van der Waals surface area contributed by atoms with Gasteiger partial charge in [-0.2, -0.15) is 0 Å². The Bertz CT molecular complexity index is 653. The van der Waals surface area contributed by atoms with E-state index in [9.17, 15) is 4.79 Å².